The third-order valence-electron chi connectivity index (χ3n) is 2.66. The van der Waals surface area contributed by atoms with E-state index in [0.29, 0.717) is 21.5 Å². The molecule has 0 saturated carbocycles. The zero-order valence-electron chi connectivity index (χ0n) is 11.1. The Bertz CT molecular complexity index is 677. The fourth-order valence-electron chi connectivity index (χ4n) is 1.62. The molecule has 0 radical (unpaired) electrons. The second kappa shape index (κ2) is 7.16. The van der Waals surface area contributed by atoms with E-state index in [0.717, 1.165) is 10.0 Å². The summed E-state index contributed by atoms with van der Waals surface area (Å²) in [6.07, 6.45) is 0. The lowest BCUT2D eigenvalue weighted by molar-refractivity contribution is -0.118. The van der Waals surface area contributed by atoms with Crippen molar-refractivity contribution >= 4 is 50.7 Å². The average Bonchev–Trinajstić information content (AvgIpc) is 2.43. The van der Waals surface area contributed by atoms with Crippen LogP contribution in [0.15, 0.2) is 40.9 Å². The molecule has 0 spiro atoms. The molecule has 0 atom stereocenters. The molecule has 0 heterocycles. The molecular weight excluding hydrogens is 377 g/mol. The van der Waals surface area contributed by atoms with Gasteiger partial charge in [-0.25, -0.2) is 0 Å². The molecule has 0 aliphatic rings. The Balaban J connectivity index is 1.94. The minimum absolute atomic E-state index is 0.113. The van der Waals surface area contributed by atoms with E-state index < -0.39 is 0 Å². The van der Waals surface area contributed by atoms with Crippen molar-refractivity contribution in [3.05, 3.63) is 56.5 Å². The zero-order chi connectivity index (χ0) is 15.4. The van der Waals surface area contributed by atoms with Gasteiger partial charge in [0.15, 0.2) is 6.61 Å². The molecule has 110 valence electrons. The van der Waals surface area contributed by atoms with E-state index in [1.807, 2.05) is 25.1 Å². The van der Waals surface area contributed by atoms with E-state index in [1.54, 1.807) is 18.2 Å². The standard InChI is InChI=1S/C15H12BrCl2NO2/c1-9-2-5-14(11(16)6-9)19-15(20)8-21-10-3-4-12(17)13(18)7-10/h2-7H,8H2,1H3,(H,19,20). The van der Waals surface area contributed by atoms with Crippen molar-refractivity contribution in [1.82, 2.24) is 0 Å². The van der Waals surface area contributed by atoms with Crippen LogP contribution in [0.4, 0.5) is 5.69 Å². The molecule has 0 saturated heterocycles. The number of hydrogen-bond donors (Lipinski definition) is 1. The van der Waals surface area contributed by atoms with Crippen LogP contribution in [0.1, 0.15) is 5.56 Å². The summed E-state index contributed by atoms with van der Waals surface area (Å²) >= 11 is 15.1. The third kappa shape index (κ3) is 4.63. The monoisotopic (exact) mass is 387 g/mol. The van der Waals surface area contributed by atoms with E-state index in [4.69, 9.17) is 27.9 Å². The fraction of sp³-hybridized carbons (Fsp3) is 0.133. The number of ether oxygens (including phenoxy) is 1. The molecule has 0 fully saturated rings. The van der Waals surface area contributed by atoms with Gasteiger partial charge in [0.1, 0.15) is 5.75 Å². The van der Waals surface area contributed by atoms with Gasteiger partial charge in [0.05, 0.1) is 15.7 Å². The molecule has 2 rings (SSSR count). The lowest BCUT2D eigenvalue weighted by atomic mass is 10.2. The van der Waals surface area contributed by atoms with Gasteiger partial charge >= 0.3 is 0 Å². The first-order valence-corrected chi connectivity index (χ1v) is 7.64. The molecule has 21 heavy (non-hydrogen) atoms. The summed E-state index contributed by atoms with van der Waals surface area (Å²) in [6.45, 7) is 1.86. The second-order valence-electron chi connectivity index (χ2n) is 4.40. The molecule has 3 nitrogen and oxygen atoms in total. The summed E-state index contributed by atoms with van der Waals surface area (Å²) < 4.78 is 6.19. The van der Waals surface area contributed by atoms with Crippen molar-refractivity contribution in [2.24, 2.45) is 0 Å². The van der Waals surface area contributed by atoms with Gasteiger partial charge in [-0.3, -0.25) is 4.79 Å². The number of amides is 1. The quantitative estimate of drug-likeness (QED) is 0.792. The largest absolute Gasteiger partial charge is 0.484 e. The summed E-state index contributed by atoms with van der Waals surface area (Å²) in [7, 11) is 0. The highest BCUT2D eigenvalue weighted by atomic mass is 79.9. The maximum Gasteiger partial charge on any atom is 0.262 e. The second-order valence-corrected chi connectivity index (χ2v) is 6.06. The maximum atomic E-state index is 11.9. The van der Waals surface area contributed by atoms with Crippen molar-refractivity contribution in [3.63, 3.8) is 0 Å². The highest BCUT2D eigenvalue weighted by Gasteiger charge is 2.07. The Morgan fingerprint density at radius 1 is 1.19 bits per heavy atom. The number of aryl methyl sites for hydroxylation is 1. The minimum atomic E-state index is -0.259. The normalized spacial score (nSPS) is 10.3. The predicted molar refractivity (Wildman–Crippen MR) is 89.5 cm³/mol. The van der Waals surface area contributed by atoms with Gasteiger partial charge in [-0.15, -0.1) is 0 Å². The molecule has 6 heteroatoms. The Labute approximate surface area is 141 Å². The summed E-state index contributed by atoms with van der Waals surface area (Å²) in [5, 5.41) is 3.59. The van der Waals surface area contributed by atoms with Gasteiger partial charge in [-0.2, -0.15) is 0 Å². The SMILES string of the molecule is Cc1ccc(NC(=O)COc2ccc(Cl)c(Cl)c2)c(Br)c1. The first-order valence-electron chi connectivity index (χ1n) is 6.09. The third-order valence-corrected chi connectivity index (χ3v) is 4.05. The number of carbonyl (C=O) groups is 1. The predicted octanol–water partition coefficient (Wildman–Crippen LogP) is 5.08. The van der Waals surface area contributed by atoms with E-state index in [9.17, 15) is 4.79 Å². The number of hydrogen-bond acceptors (Lipinski definition) is 2. The molecule has 0 bridgehead atoms. The molecule has 1 amide bonds. The Morgan fingerprint density at radius 3 is 2.62 bits per heavy atom. The van der Waals surface area contributed by atoms with Crippen LogP contribution in [0.25, 0.3) is 0 Å². The number of nitrogens with one attached hydrogen (secondary N) is 1. The highest BCUT2D eigenvalue weighted by molar-refractivity contribution is 9.10. The molecular formula is C15H12BrCl2NO2. The zero-order valence-corrected chi connectivity index (χ0v) is 14.2. The van der Waals surface area contributed by atoms with Crippen molar-refractivity contribution in [2.75, 3.05) is 11.9 Å². The molecule has 0 aliphatic heterocycles. The number of anilines is 1. The van der Waals surface area contributed by atoms with E-state index in [-0.39, 0.29) is 12.5 Å². The number of rotatable bonds is 4. The van der Waals surface area contributed by atoms with Gasteiger partial charge < -0.3 is 10.1 Å². The number of carbonyl (C=O) groups excluding carboxylic acids is 1. The fourth-order valence-corrected chi connectivity index (χ4v) is 2.50. The maximum absolute atomic E-state index is 11.9. The lowest BCUT2D eigenvalue weighted by Crippen LogP contribution is -2.20. The Kier molecular flexibility index (Phi) is 5.51. The van der Waals surface area contributed by atoms with Crippen molar-refractivity contribution < 1.29 is 9.53 Å². The van der Waals surface area contributed by atoms with Crippen LogP contribution in [0.3, 0.4) is 0 Å². The molecule has 2 aromatic carbocycles. The summed E-state index contributed by atoms with van der Waals surface area (Å²) in [6, 6.07) is 10.5. The van der Waals surface area contributed by atoms with Crippen molar-refractivity contribution in [2.45, 2.75) is 6.92 Å². The van der Waals surface area contributed by atoms with Gasteiger partial charge in [0, 0.05) is 10.5 Å². The van der Waals surface area contributed by atoms with E-state index in [2.05, 4.69) is 21.2 Å². The van der Waals surface area contributed by atoms with E-state index in [1.165, 1.54) is 0 Å². The van der Waals surface area contributed by atoms with Gasteiger partial charge in [-0.05, 0) is 52.7 Å². The topological polar surface area (TPSA) is 38.3 Å². The first-order chi connectivity index (χ1) is 9.95. The molecule has 0 aromatic heterocycles. The van der Waals surface area contributed by atoms with Crippen LogP contribution in [0.2, 0.25) is 10.0 Å². The van der Waals surface area contributed by atoms with Crippen LogP contribution in [0.5, 0.6) is 5.75 Å². The lowest BCUT2D eigenvalue weighted by Gasteiger charge is -2.10. The Hall–Kier alpha value is -1.23. The Morgan fingerprint density at radius 2 is 1.95 bits per heavy atom. The van der Waals surface area contributed by atoms with Crippen LogP contribution in [-0.2, 0) is 4.79 Å². The van der Waals surface area contributed by atoms with Crippen LogP contribution in [-0.4, -0.2) is 12.5 Å². The highest BCUT2D eigenvalue weighted by Crippen LogP contribution is 2.26. The molecule has 0 unspecified atom stereocenters. The van der Waals surface area contributed by atoms with Gasteiger partial charge in [0.25, 0.3) is 5.91 Å². The molecule has 1 N–H and O–H groups in total. The molecule has 0 aliphatic carbocycles. The van der Waals surface area contributed by atoms with Crippen LogP contribution >= 0.6 is 39.1 Å². The first kappa shape index (κ1) is 16.1. The number of benzene rings is 2. The summed E-state index contributed by atoms with van der Waals surface area (Å²) in [4.78, 5) is 11.9. The minimum Gasteiger partial charge on any atom is -0.484 e. The summed E-state index contributed by atoms with van der Waals surface area (Å²) in [5.74, 6) is 0.230. The number of halogens is 3. The molecule has 2 aromatic rings. The van der Waals surface area contributed by atoms with Crippen LogP contribution < -0.4 is 10.1 Å². The average molecular weight is 389 g/mol. The van der Waals surface area contributed by atoms with Gasteiger partial charge in [-0.1, -0.05) is 29.3 Å². The summed E-state index contributed by atoms with van der Waals surface area (Å²) in [5.41, 5.74) is 1.80. The van der Waals surface area contributed by atoms with Crippen molar-refractivity contribution in [3.8, 4) is 5.75 Å². The van der Waals surface area contributed by atoms with Gasteiger partial charge in [0.2, 0.25) is 0 Å². The van der Waals surface area contributed by atoms with Crippen LogP contribution in [0, 0.1) is 6.92 Å². The smallest absolute Gasteiger partial charge is 0.262 e. The van der Waals surface area contributed by atoms with E-state index >= 15 is 0 Å². The van der Waals surface area contributed by atoms with Crippen molar-refractivity contribution in [1.29, 1.82) is 0 Å².